The van der Waals surface area contributed by atoms with E-state index in [9.17, 15) is 8.78 Å². The lowest BCUT2D eigenvalue weighted by Crippen LogP contribution is -2.15. The topological polar surface area (TPSA) is 121 Å². The van der Waals surface area contributed by atoms with Crippen molar-refractivity contribution in [3.05, 3.63) is 54.9 Å². The predicted octanol–water partition coefficient (Wildman–Crippen LogP) is 2.91. The van der Waals surface area contributed by atoms with Crippen LogP contribution in [0.4, 0.5) is 8.78 Å². The van der Waals surface area contributed by atoms with E-state index in [1.807, 2.05) is 12.1 Å². The molecule has 8 nitrogen and oxygen atoms in total. The van der Waals surface area contributed by atoms with Gasteiger partial charge in [0.15, 0.2) is 0 Å². The first-order valence-corrected chi connectivity index (χ1v) is 8.57. The van der Waals surface area contributed by atoms with Crippen LogP contribution in [0.3, 0.4) is 0 Å². The van der Waals surface area contributed by atoms with Crippen molar-refractivity contribution in [2.24, 2.45) is 10.7 Å². The number of allylic oxidation sites excluding steroid dienone is 1. The maximum absolute atomic E-state index is 12.5. The molecule has 0 radical (unpaired) electrons. The van der Waals surface area contributed by atoms with Crippen molar-refractivity contribution in [2.45, 2.75) is 6.43 Å². The summed E-state index contributed by atoms with van der Waals surface area (Å²) in [5, 5.41) is 12.4. The number of nitrogens with two attached hydrogens (primary N) is 1. The fourth-order valence-corrected chi connectivity index (χ4v) is 3.10. The standard InChI is InChI=1S/C19H16F2N8/c1-10(5-22)17-16-12(6-25-19(16)27-9-26-17)11-2-3-29-14(4-11)13(7-28-29)18(23)24-8-15(20)21/h2-7,9,15,22H,1,8H2,(H2,23,24)(H,25,26,27). The highest BCUT2D eigenvalue weighted by molar-refractivity contribution is 6.14. The number of aromatic nitrogens is 5. The summed E-state index contributed by atoms with van der Waals surface area (Å²) in [6, 6.07) is 3.68. The Morgan fingerprint density at radius 1 is 1.41 bits per heavy atom. The van der Waals surface area contributed by atoms with Gasteiger partial charge in [-0.05, 0) is 17.7 Å². The Morgan fingerprint density at radius 2 is 2.24 bits per heavy atom. The van der Waals surface area contributed by atoms with Crippen LogP contribution in [0.2, 0.25) is 0 Å². The van der Waals surface area contributed by atoms with Crippen molar-refractivity contribution in [1.82, 2.24) is 24.6 Å². The summed E-state index contributed by atoms with van der Waals surface area (Å²) in [5.74, 6) is -0.00224. The molecule has 146 valence electrons. The Labute approximate surface area is 163 Å². The van der Waals surface area contributed by atoms with Crippen molar-refractivity contribution in [3.63, 3.8) is 0 Å². The van der Waals surface area contributed by atoms with Gasteiger partial charge >= 0.3 is 0 Å². The summed E-state index contributed by atoms with van der Waals surface area (Å²) >= 11 is 0. The van der Waals surface area contributed by atoms with Crippen molar-refractivity contribution in [2.75, 3.05) is 6.54 Å². The zero-order valence-electron chi connectivity index (χ0n) is 15.1. The molecule has 10 heteroatoms. The van der Waals surface area contributed by atoms with Crippen molar-refractivity contribution in [3.8, 4) is 11.1 Å². The molecular formula is C19H16F2N8. The van der Waals surface area contributed by atoms with E-state index in [2.05, 4.69) is 31.6 Å². The van der Waals surface area contributed by atoms with Gasteiger partial charge in [-0.2, -0.15) is 5.10 Å². The molecule has 4 aromatic rings. The Morgan fingerprint density at radius 3 is 3.00 bits per heavy atom. The van der Waals surface area contributed by atoms with Crippen LogP contribution in [0.25, 0.3) is 33.3 Å². The quantitative estimate of drug-likeness (QED) is 0.344. The number of pyridine rings is 1. The average Bonchev–Trinajstić information content (AvgIpc) is 3.34. The molecule has 0 aliphatic carbocycles. The first-order chi connectivity index (χ1) is 14.0. The fraction of sp³-hybridized carbons (Fsp3) is 0.105. The smallest absolute Gasteiger partial charge is 0.257 e. The summed E-state index contributed by atoms with van der Waals surface area (Å²) in [6.07, 6.45) is 4.99. The lowest BCUT2D eigenvalue weighted by molar-refractivity contribution is 0.159. The minimum absolute atomic E-state index is 0.00224. The van der Waals surface area contributed by atoms with E-state index >= 15 is 0 Å². The minimum Gasteiger partial charge on any atom is -0.383 e. The van der Waals surface area contributed by atoms with Crippen molar-refractivity contribution >= 4 is 34.2 Å². The number of alkyl halides is 2. The number of nitrogens with zero attached hydrogens (tertiary/aromatic N) is 5. The van der Waals surface area contributed by atoms with Crippen LogP contribution in [0.15, 0.2) is 48.6 Å². The number of aromatic amines is 1. The number of halogens is 2. The van der Waals surface area contributed by atoms with E-state index in [1.165, 1.54) is 12.5 Å². The number of hydrogen-bond acceptors (Lipinski definition) is 5. The third kappa shape index (κ3) is 3.24. The number of nitrogens with one attached hydrogen (secondary N) is 2. The van der Waals surface area contributed by atoms with Gasteiger partial charge in [-0.1, -0.05) is 6.58 Å². The molecule has 0 saturated heterocycles. The van der Waals surface area contributed by atoms with E-state index in [-0.39, 0.29) is 5.84 Å². The molecule has 4 N–H and O–H groups in total. The van der Waals surface area contributed by atoms with Crippen LogP contribution in [0, 0.1) is 5.41 Å². The zero-order valence-corrected chi connectivity index (χ0v) is 15.1. The zero-order chi connectivity index (χ0) is 20.5. The highest BCUT2D eigenvalue weighted by Crippen LogP contribution is 2.32. The lowest BCUT2D eigenvalue weighted by atomic mass is 10.0. The second kappa shape index (κ2) is 7.23. The Hall–Kier alpha value is -3.95. The maximum atomic E-state index is 12.5. The van der Waals surface area contributed by atoms with Crippen LogP contribution in [0.5, 0.6) is 0 Å². The summed E-state index contributed by atoms with van der Waals surface area (Å²) in [4.78, 5) is 15.3. The summed E-state index contributed by atoms with van der Waals surface area (Å²) in [7, 11) is 0. The van der Waals surface area contributed by atoms with E-state index in [0.717, 1.165) is 22.7 Å². The molecule has 4 aromatic heterocycles. The molecule has 0 spiro atoms. The van der Waals surface area contributed by atoms with Crippen LogP contribution >= 0.6 is 0 Å². The largest absolute Gasteiger partial charge is 0.383 e. The average molecular weight is 394 g/mol. The lowest BCUT2D eigenvalue weighted by Gasteiger charge is -2.06. The van der Waals surface area contributed by atoms with E-state index < -0.39 is 13.0 Å². The predicted molar refractivity (Wildman–Crippen MR) is 107 cm³/mol. The van der Waals surface area contributed by atoms with Crippen LogP contribution < -0.4 is 5.73 Å². The normalized spacial score (nSPS) is 12.2. The molecule has 0 aliphatic heterocycles. The van der Waals surface area contributed by atoms with Crippen LogP contribution in [-0.2, 0) is 0 Å². The molecular weight excluding hydrogens is 378 g/mol. The second-order valence-corrected chi connectivity index (χ2v) is 6.24. The molecule has 0 aliphatic rings. The second-order valence-electron chi connectivity index (χ2n) is 6.24. The highest BCUT2D eigenvalue weighted by Gasteiger charge is 2.16. The molecule has 4 rings (SSSR count). The first kappa shape index (κ1) is 18.4. The van der Waals surface area contributed by atoms with Crippen LogP contribution in [0.1, 0.15) is 11.3 Å². The SMILES string of the molecule is C=C(C=N)c1ncnc2[nH]cc(-c3ccn4ncc(C(N)=NCC(F)F)c4c3)c12. The van der Waals surface area contributed by atoms with Gasteiger partial charge in [-0.3, -0.25) is 4.99 Å². The number of hydrogen-bond donors (Lipinski definition) is 3. The number of rotatable bonds is 6. The fourth-order valence-electron chi connectivity index (χ4n) is 3.10. The van der Waals surface area contributed by atoms with Gasteiger partial charge in [0.1, 0.15) is 24.4 Å². The van der Waals surface area contributed by atoms with E-state index in [0.29, 0.717) is 28.0 Å². The molecule has 4 heterocycles. The third-order valence-corrected chi connectivity index (χ3v) is 4.46. The van der Waals surface area contributed by atoms with Gasteiger partial charge in [0.05, 0.1) is 28.4 Å². The van der Waals surface area contributed by atoms with E-state index in [1.54, 1.807) is 16.9 Å². The summed E-state index contributed by atoms with van der Waals surface area (Å²) in [5.41, 5.74) is 10.2. The monoisotopic (exact) mass is 394 g/mol. The van der Waals surface area contributed by atoms with Gasteiger partial charge in [-0.15, -0.1) is 0 Å². The molecule has 0 aromatic carbocycles. The van der Waals surface area contributed by atoms with Gasteiger partial charge in [0.2, 0.25) is 0 Å². The number of fused-ring (bicyclic) bond motifs is 2. The molecule has 0 saturated carbocycles. The van der Waals surface area contributed by atoms with Crippen molar-refractivity contribution in [1.29, 1.82) is 5.41 Å². The van der Waals surface area contributed by atoms with Gasteiger partial charge < -0.3 is 16.1 Å². The van der Waals surface area contributed by atoms with Gasteiger partial charge in [-0.25, -0.2) is 23.3 Å². The van der Waals surface area contributed by atoms with Crippen molar-refractivity contribution < 1.29 is 8.78 Å². The first-order valence-electron chi connectivity index (χ1n) is 8.57. The molecule has 0 atom stereocenters. The molecule has 0 unspecified atom stereocenters. The summed E-state index contributed by atoms with van der Waals surface area (Å²) in [6.45, 7) is 3.20. The number of amidine groups is 1. The summed E-state index contributed by atoms with van der Waals surface area (Å²) < 4.78 is 26.5. The molecule has 0 fully saturated rings. The van der Waals surface area contributed by atoms with Crippen LogP contribution in [-0.4, -0.2) is 49.6 Å². The molecule has 0 amide bonds. The van der Waals surface area contributed by atoms with Gasteiger partial charge in [0, 0.05) is 29.7 Å². The Balaban J connectivity index is 1.88. The minimum atomic E-state index is -2.57. The number of aliphatic imine (C=N–C) groups is 1. The maximum Gasteiger partial charge on any atom is 0.257 e. The Kier molecular flexibility index (Phi) is 4.59. The third-order valence-electron chi connectivity index (χ3n) is 4.46. The Bertz CT molecular complexity index is 1270. The number of H-pyrrole nitrogens is 1. The molecule has 0 bridgehead atoms. The highest BCUT2D eigenvalue weighted by atomic mass is 19.3. The van der Waals surface area contributed by atoms with Gasteiger partial charge in [0.25, 0.3) is 6.43 Å². The molecule has 29 heavy (non-hydrogen) atoms. The van der Waals surface area contributed by atoms with E-state index in [4.69, 9.17) is 11.1 Å².